The Kier molecular flexibility index (Phi) is 50.5. The van der Waals surface area contributed by atoms with Crippen LogP contribution >= 0.6 is 0 Å². The van der Waals surface area contributed by atoms with E-state index in [0.717, 1.165) is 57.8 Å². The van der Waals surface area contributed by atoms with Gasteiger partial charge in [0.15, 0.2) is 12.4 Å². The second kappa shape index (κ2) is 52.6. The van der Waals surface area contributed by atoms with E-state index in [1.54, 1.807) is 0 Å². The molecule has 0 saturated heterocycles. The topological polar surface area (TPSA) is 111 Å². The number of quaternary nitrogens is 1. The van der Waals surface area contributed by atoms with Crippen LogP contribution in [0.4, 0.5) is 0 Å². The molecule has 9 nitrogen and oxygen atoms in total. The zero-order valence-corrected chi connectivity index (χ0v) is 46.4. The first kappa shape index (κ1) is 67.2. The van der Waals surface area contributed by atoms with Gasteiger partial charge >= 0.3 is 11.9 Å². The van der Waals surface area contributed by atoms with E-state index in [4.69, 9.17) is 18.9 Å². The Hall–Kier alpha value is -2.75. The minimum atomic E-state index is -1.63. The van der Waals surface area contributed by atoms with E-state index in [1.165, 1.54) is 173 Å². The smallest absolute Gasteiger partial charge is 0.306 e. The first-order valence-corrected chi connectivity index (χ1v) is 29.3. The van der Waals surface area contributed by atoms with Crippen molar-refractivity contribution in [2.75, 3.05) is 47.5 Å². The fraction of sp³-hybridized carbons (Fsp3) is 0.820. The van der Waals surface area contributed by atoms with Crippen LogP contribution in [0.2, 0.25) is 0 Å². The third-order valence-corrected chi connectivity index (χ3v) is 12.8. The Morgan fingerprint density at radius 1 is 0.443 bits per heavy atom. The van der Waals surface area contributed by atoms with Crippen molar-refractivity contribution >= 4 is 17.9 Å². The molecule has 0 aliphatic heterocycles. The molecule has 0 aliphatic rings. The van der Waals surface area contributed by atoms with Crippen molar-refractivity contribution in [3.8, 4) is 0 Å². The number of nitrogens with zero attached hydrogens (tertiary/aromatic N) is 1. The lowest BCUT2D eigenvalue weighted by Crippen LogP contribution is -2.44. The third-order valence-electron chi connectivity index (χ3n) is 12.8. The Balaban J connectivity index is 4.11. The van der Waals surface area contributed by atoms with Gasteiger partial charge in [0.05, 0.1) is 40.3 Å². The Bertz CT molecular complexity index is 1290. The number of hydrogen-bond donors (Lipinski definition) is 0. The molecule has 0 rings (SSSR count). The van der Waals surface area contributed by atoms with Crippen LogP contribution in [0.25, 0.3) is 0 Å². The van der Waals surface area contributed by atoms with E-state index in [0.29, 0.717) is 17.4 Å². The SMILES string of the molecule is CC/C=C\C/C=C\C/C=C\C/C=C\CCCCC(=O)OC(COC(=O)CCCCCCCCCCCCCCCCCCCCCCCCCCCCCCCC)COC(OCC[N+](C)(C)C)C(=O)[O-]. The molecule has 0 amide bonds. The summed E-state index contributed by atoms with van der Waals surface area (Å²) in [7, 11) is 5.91. The molecule has 0 aromatic heterocycles. The lowest BCUT2D eigenvalue weighted by atomic mass is 10.0. The van der Waals surface area contributed by atoms with Crippen LogP contribution in [0.1, 0.15) is 264 Å². The molecule has 2 atom stereocenters. The number of aliphatic carboxylic acids is 1. The first-order valence-electron chi connectivity index (χ1n) is 29.3. The quantitative estimate of drug-likeness (QED) is 0.0195. The number of carbonyl (C=O) groups excluding carboxylic acids is 3. The molecular formula is C61H111NO8. The number of allylic oxidation sites excluding steroid dienone is 8. The minimum Gasteiger partial charge on any atom is -0.545 e. The standard InChI is InChI=1S/C61H111NO8/c1-6-8-10-12-14-16-18-20-22-23-24-25-26-27-28-29-30-31-32-33-34-35-36-38-39-41-43-45-47-49-51-58(63)68-55-57(56-69-61(60(65)66)67-54-53-62(3,4)5)70-59(64)52-50-48-46-44-42-40-37-21-19-17-15-13-11-9-7-2/h9,11,15,17,21,37,42,44,57,61H,6-8,10,12-14,16,18-20,22-36,38-41,43,45-56H2,1-5H3/b11-9-,17-15-,37-21-,44-42-. The van der Waals surface area contributed by atoms with E-state index in [-0.39, 0.29) is 38.6 Å². The number of hydrogen-bond acceptors (Lipinski definition) is 8. The molecular weight excluding hydrogens is 875 g/mol. The number of carbonyl (C=O) groups is 3. The highest BCUT2D eigenvalue weighted by Gasteiger charge is 2.22. The molecule has 70 heavy (non-hydrogen) atoms. The number of carboxylic acids is 1. The van der Waals surface area contributed by atoms with Gasteiger partial charge in [-0.05, 0) is 51.4 Å². The number of unbranched alkanes of at least 4 members (excludes halogenated alkanes) is 31. The van der Waals surface area contributed by atoms with Gasteiger partial charge in [0.1, 0.15) is 13.2 Å². The highest BCUT2D eigenvalue weighted by atomic mass is 16.7. The number of rotatable bonds is 54. The van der Waals surface area contributed by atoms with Crippen LogP contribution in [0, 0.1) is 0 Å². The van der Waals surface area contributed by atoms with Crippen LogP contribution in [0.5, 0.6) is 0 Å². The molecule has 0 N–H and O–H groups in total. The zero-order chi connectivity index (χ0) is 51.3. The first-order chi connectivity index (χ1) is 34.1. The van der Waals surface area contributed by atoms with Gasteiger partial charge in [-0.2, -0.15) is 0 Å². The van der Waals surface area contributed by atoms with Gasteiger partial charge in [-0.25, -0.2) is 0 Å². The van der Waals surface area contributed by atoms with Crippen LogP contribution in [0.15, 0.2) is 48.6 Å². The molecule has 2 unspecified atom stereocenters. The van der Waals surface area contributed by atoms with Crippen molar-refractivity contribution in [2.24, 2.45) is 0 Å². The summed E-state index contributed by atoms with van der Waals surface area (Å²) in [6.07, 6.45) is 61.9. The molecule has 0 aromatic rings. The van der Waals surface area contributed by atoms with Crippen LogP contribution < -0.4 is 5.11 Å². The summed E-state index contributed by atoms with van der Waals surface area (Å²) < 4.78 is 22.6. The van der Waals surface area contributed by atoms with Gasteiger partial charge in [0.25, 0.3) is 0 Å². The van der Waals surface area contributed by atoms with E-state index in [2.05, 4.69) is 62.5 Å². The minimum absolute atomic E-state index is 0.139. The highest BCUT2D eigenvalue weighted by Crippen LogP contribution is 2.17. The largest absolute Gasteiger partial charge is 0.545 e. The predicted octanol–water partition coefficient (Wildman–Crippen LogP) is 15.7. The average molecular weight is 987 g/mol. The normalized spacial score (nSPS) is 13.1. The Labute approximate surface area is 432 Å². The van der Waals surface area contributed by atoms with E-state index in [9.17, 15) is 19.5 Å². The third kappa shape index (κ3) is 53.1. The summed E-state index contributed by atoms with van der Waals surface area (Å²) in [4.78, 5) is 37.2. The van der Waals surface area contributed by atoms with Gasteiger partial charge in [0, 0.05) is 12.8 Å². The summed E-state index contributed by atoms with van der Waals surface area (Å²) in [6, 6.07) is 0. The molecule has 0 saturated carbocycles. The van der Waals surface area contributed by atoms with E-state index in [1.807, 2.05) is 21.1 Å². The van der Waals surface area contributed by atoms with Crippen molar-refractivity contribution in [3.63, 3.8) is 0 Å². The number of esters is 2. The van der Waals surface area contributed by atoms with Gasteiger partial charge in [-0.15, -0.1) is 0 Å². The van der Waals surface area contributed by atoms with Gasteiger partial charge in [-0.1, -0.05) is 249 Å². The van der Waals surface area contributed by atoms with Crippen LogP contribution in [0.3, 0.4) is 0 Å². The summed E-state index contributed by atoms with van der Waals surface area (Å²) in [5.74, 6) is -2.33. The van der Waals surface area contributed by atoms with Gasteiger partial charge in [0.2, 0.25) is 0 Å². The summed E-state index contributed by atoms with van der Waals surface area (Å²) in [6.45, 7) is 4.61. The maximum absolute atomic E-state index is 12.8. The molecule has 0 spiro atoms. The zero-order valence-electron chi connectivity index (χ0n) is 46.4. The highest BCUT2D eigenvalue weighted by molar-refractivity contribution is 5.70. The second-order valence-corrected chi connectivity index (χ2v) is 20.9. The van der Waals surface area contributed by atoms with Crippen LogP contribution in [-0.4, -0.2) is 82.3 Å². The summed E-state index contributed by atoms with van der Waals surface area (Å²) in [5.41, 5.74) is 0. The molecule has 0 bridgehead atoms. The summed E-state index contributed by atoms with van der Waals surface area (Å²) >= 11 is 0. The van der Waals surface area contributed by atoms with E-state index < -0.39 is 24.3 Å². The average Bonchev–Trinajstić information content (AvgIpc) is 3.33. The Morgan fingerprint density at radius 3 is 1.21 bits per heavy atom. The molecule has 0 heterocycles. The van der Waals surface area contributed by atoms with Crippen LogP contribution in [-0.2, 0) is 33.3 Å². The number of likely N-dealkylation sites (N-methyl/N-ethyl adjacent to an activating group) is 1. The van der Waals surface area contributed by atoms with E-state index >= 15 is 0 Å². The second-order valence-electron chi connectivity index (χ2n) is 20.9. The molecule has 0 radical (unpaired) electrons. The molecule has 0 aromatic carbocycles. The predicted molar refractivity (Wildman–Crippen MR) is 292 cm³/mol. The molecule has 0 fully saturated rings. The lowest BCUT2D eigenvalue weighted by Gasteiger charge is -2.26. The van der Waals surface area contributed by atoms with Crippen molar-refractivity contribution in [2.45, 2.75) is 277 Å². The maximum Gasteiger partial charge on any atom is 0.306 e. The van der Waals surface area contributed by atoms with Gasteiger partial charge in [-0.3, -0.25) is 9.59 Å². The Morgan fingerprint density at radius 2 is 0.814 bits per heavy atom. The van der Waals surface area contributed by atoms with Gasteiger partial charge < -0.3 is 33.3 Å². The molecule has 0 aliphatic carbocycles. The fourth-order valence-corrected chi connectivity index (χ4v) is 8.35. The van der Waals surface area contributed by atoms with Crippen molar-refractivity contribution in [1.29, 1.82) is 0 Å². The summed E-state index contributed by atoms with van der Waals surface area (Å²) in [5, 5.41) is 11.7. The van der Waals surface area contributed by atoms with Crippen molar-refractivity contribution < 1.29 is 42.9 Å². The fourth-order valence-electron chi connectivity index (χ4n) is 8.35. The number of ether oxygens (including phenoxy) is 4. The monoisotopic (exact) mass is 986 g/mol. The van der Waals surface area contributed by atoms with Crippen molar-refractivity contribution in [3.05, 3.63) is 48.6 Å². The molecule has 408 valence electrons. The number of carboxylic acid groups (broad SMARTS) is 1. The lowest BCUT2D eigenvalue weighted by molar-refractivity contribution is -0.870. The molecule has 9 heteroatoms. The maximum atomic E-state index is 12.8. The van der Waals surface area contributed by atoms with Crippen molar-refractivity contribution in [1.82, 2.24) is 0 Å².